The third-order valence-electron chi connectivity index (χ3n) is 2.76. The maximum atomic E-state index is 13.7. The Morgan fingerprint density at radius 3 is 2.33 bits per heavy atom. The van der Waals surface area contributed by atoms with Crippen molar-refractivity contribution in [3.05, 3.63) is 59.7 Å². The van der Waals surface area contributed by atoms with E-state index in [0.29, 0.717) is 5.56 Å². The highest BCUT2D eigenvalue weighted by Gasteiger charge is 2.13. The van der Waals surface area contributed by atoms with Crippen LogP contribution in [0.25, 0.3) is 11.1 Å². The molecule has 2 nitrogen and oxygen atoms in total. The summed E-state index contributed by atoms with van der Waals surface area (Å²) < 4.78 is 27.3. The molecule has 0 aromatic heterocycles. The number of hydrogen-bond acceptors (Lipinski definition) is 2. The van der Waals surface area contributed by atoms with Gasteiger partial charge in [-0.15, -0.1) is 0 Å². The predicted molar refractivity (Wildman–Crippen MR) is 65.8 cm³/mol. The van der Waals surface area contributed by atoms with Gasteiger partial charge in [-0.25, -0.2) is 8.78 Å². The van der Waals surface area contributed by atoms with E-state index in [1.165, 1.54) is 36.4 Å². The van der Waals surface area contributed by atoms with Crippen molar-refractivity contribution in [2.75, 3.05) is 6.54 Å². The van der Waals surface area contributed by atoms with Crippen LogP contribution in [0.2, 0.25) is 0 Å². The highest BCUT2D eigenvalue weighted by atomic mass is 19.1. The van der Waals surface area contributed by atoms with Gasteiger partial charge in [0.15, 0.2) is 0 Å². The van der Waals surface area contributed by atoms with Gasteiger partial charge < -0.3 is 10.8 Å². The van der Waals surface area contributed by atoms with Crippen molar-refractivity contribution >= 4 is 0 Å². The van der Waals surface area contributed by atoms with Gasteiger partial charge >= 0.3 is 0 Å². The minimum Gasteiger partial charge on any atom is -0.387 e. The molecule has 0 fully saturated rings. The molecule has 0 heterocycles. The molecular weight excluding hydrogens is 236 g/mol. The summed E-state index contributed by atoms with van der Waals surface area (Å²) in [6, 6.07) is 9.99. The third kappa shape index (κ3) is 2.39. The second-order valence-electron chi connectivity index (χ2n) is 3.97. The molecule has 0 radical (unpaired) electrons. The van der Waals surface area contributed by atoms with E-state index in [1.807, 2.05) is 0 Å². The summed E-state index contributed by atoms with van der Waals surface area (Å²) in [5.74, 6) is -1.04. The second-order valence-corrected chi connectivity index (χ2v) is 3.97. The van der Waals surface area contributed by atoms with Crippen molar-refractivity contribution in [2.24, 2.45) is 5.73 Å². The lowest BCUT2D eigenvalue weighted by atomic mass is 9.99. The Bertz CT molecular complexity index is 557. The van der Waals surface area contributed by atoms with Crippen LogP contribution in [0.15, 0.2) is 42.5 Å². The Kier molecular flexibility index (Phi) is 3.69. The maximum Gasteiger partial charge on any atom is 0.131 e. The van der Waals surface area contributed by atoms with E-state index >= 15 is 0 Å². The molecule has 4 heteroatoms. The van der Waals surface area contributed by atoms with E-state index in [-0.39, 0.29) is 17.7 Å². The highest BCUT2D eigenvalue weighted by molar-refractivity contribution is 5.65. The molecule has 0 aliphatic heterocycles. The molecule has 2 aromatic rings. The minimum absolute atomic E-state index is 0.0301. The standard InChI is InChI=1S/C14H13F2NO/c15-12-4-2-1-3-10(12)11-7-9(14(18)8-17)5-6-13(11)16/h1-7,14,18H,8,17H2. The molecule has 0 bridgehead atoms. The molecule has 0 saturated heterocycles. The topological polar surface area (TPSA) is 46.2 Å². The van der Waals surface area contributed by atoms with Gasteiger partial charge in [-0.2, -0.15) is 0 Å². The van der Waals surface area contributed by atoms with Crippen LogP contribution in [-0.2, 0) is 0 Å². The van der Waals surface area contributed by atoms with Crippen LogP contribution in [0, 0.1) is 11.6 Å². The van der Waals surface area contributed by atoms with Crippen molar-refractivity contribution < 1.29 is 13.9 Å². The first kappa shape index (κ1) is 12.7. The second kappa shape index (κ2) is 5.25. The number of aliphatic hydroxyl groups excluding tert-OH is 1. The number of nitrogens with two attached hydrogens (primary N) is 1. The molecular formula is C14H13F2NO. The van der Waals surface area contributed by atoms with Crippen LogP contribution in [0.4, 0.5) is 8.78 Å². The summed E-state index contributed by atoms with van der Waals surface area (Å²) in [6.07, 6.45) is -0.879. The molecule has 0 spiro atoms. The molecule has 0 amide bonds. The molecule has 0 aliphatic carbocycles. The van der Waals surface area contributed by atoms with Crippen LogP contribution in [0.5, 0.6) is 0 Å². The van der Waals surface area contributed by atoms with E-state index in [1.54, 1.807) is 6.07 Å². The lowest BCUT2D eigenvalue weighted by Gasteiger charge is -2.11. The molecule has 94 valence electrons. The molecule has 2 rings (SSSR count). The summed E-state index contributed by atoms with van der Waals surface area (Å²) in [6.45, 7) is 0.0301. The Labute approximate surface area is 104 Å². The molecule has 18 heavy (non-hydrogen) atoms. The quantitative estimate of drug-likeness (QED) is 0.878. The normalized spacial score (nSPS) is 12.4. The highest BCUT2D eigenvalue weighted by Crippen LogP contribution is 2.28. The van der Waals surface area contributed by atoms with Crippen LogP contribution in [0.3, 0.4) is 0 Å². The van der Waals surface area contributed by atoms with Gasteiger partial charge in [0, 0.05) is 17.7 Å². The number of rotatable bonds is 3. The molecule has 0 aliphatic rings. The Hall–Kier alpha value is -1.78. The van der Waals surface area contributed by atoms with Crippen LogP contribution >= 0.6 is 0 Å². The molecule has 0 saturated carbocycles. The Balaban J connectivity index is 2.54. The number of hydrogen-bond donors (Lipinski definition) is 2. The van der Waals surface area contributed by atoms with Gasteiger partial charge in [-0.3, -0.25) is 0 Å². The number of halogens is 2. The lowest BCUT2D eigenvalue weighted by molar-refractivity contribution is 0.186. The summed E-state index contributed by atoms with van der Waals surface area (Å²) in [4.78, 5) is 0. The van der Waals surface area contributed by atoms with Crippen molar-refractivity contribution in [3.63, 3.8) is 0 Å². The molecule has 1 unspecified atom stereocenters. The van der Waals surface area contributed by atoms with E-state index in [9.17, 15) is 13.9 Å². The van der Waals surface area contributed by atoms with Gasteiger partial charge in [0.05, 0.1) is 6.10 Å². The van der Waals surface area contributed by atoms with Gasteiger partial charge in [0.2, 0.25) is 0 Å². The van der Waals surface area contributed by atoms with Gasteiger partial charge in [0.1, 0.15) is 11.6 Å². The fraction of sp³-hybridized carbons (Fsp3) is 0.143. The predicted octanol–water partition coefficient (Wildman–Crippen LogP) is 2.62. The summed E-state index contributed by atoms with van der Waals surface area (Å²) in [5, 5.41) is 9.62. The SMILES string of the molecule is NCC(O)c1ccc(F)c(-c2ccccc2F)c1. The van der Waals surface area contributed by atoms with E-state index in [2.05, 4.69) is 0 Å². The summed E-state index contributed by atoms with van der Waals surface area (Å²) in [5.41, 5.74) is 6.10. The van der Waals surface area contributed by atoms with E-state index < -0.39 is 17.7 Å². The van der Waals surface area contributed by atoms with Crippen LogP contribution in [-0.4, -0.2) is 11.7 Å². The zero-order chi connectivity index (χ0) is 13.1. The molecule has 2 aromatic carbocycles. The largest absolute Gasteiger partial charge is 0.387 e. The third-order valence-corrected chi connectivity index (χ3v) is 2.76. The number of aliphatic hydroxyl groups is 1. The van der Waals surface area contributed by atoms with E-state index in [4.69, 9.17) is 5.73 Å². The van der Waals surface area contributed by atoms with Crippen molar-refractivity contribution in [3.8, 4) is 11.1 Å². The summed E-state index contributed by atoms with van der Waals surface area (Å²) >= 11 is 0. The fourth-order valence-corrected chi connectivity index (χ4v) is 1.77. The van der Waals surface area contributed by atoms with Gasteiger partial charge in [0.25, 0.3) is 0 Å². The average molecular weight is 249 g/mol. The molecule has 3 N–H and O–H groups in total. The molecule has 1 atom stereocenters. The van der Waals surface area contributed by atoms with E-state index in [0.717, 1.165) is 0 Å². The average Bonchev–Trinajstić information content (AvgIpc) is 2.39. The van der Waals surface area contributed by atoms with Crippen molar-refractivity contribution in [1.82, 2.24) is 0 Å². The summed E-state index contributed by atoms with van der Waals surface area (Å²) in [7, 11) is 0. The van der Waals surface area contributed by atoms with Gasteiger partial charge in [-0.1, -0.05) is 24.3 Å². The zero-order valence-corrected chi connectivity index (χ0v) is 9.61. The van der Waals surface area contributed by atoms with Crippen molar-refractivity contribution in [2.45, 2.75) is 6.10 Å². The van der Waals surface area contributed by atoms with Crippen LogP contribution in [0.1, 0.15) is 11.7 Å². The Morgan fingerprint density at radius 1 is 1.00 bits per heavy atom. The zero-order valence-electron chi connectivity index (χ0n) is 9.61. The minimum atomic E-state index is -0.879. The smallest absolute Gasteiger partial charge is 0.131 e. The Morgan fingerprint density at radius 2 is 1.67 bits per heavy atom. The first-order valence-corrected chi connectivity index (χ1v) is 5.56. The van der Waals surface area contributed by atoms with Crippen molar-refractivity contribution in [1.29, 1.82) is 0 Å². The van der Waals surface area contributed by atoms with Crippen LogP contribution < -0.4 is 5.73 Å². The lowest BCUT2D eigenvalue weighted by Crippen LogP contribution is -2.11. The fourth-order valence-electron chi connectivity index (χ4n) is 1.77. The number of benzene rings is 2. The first-order chi connectivity index (χ1) is 8.63. The monoisotopic (exact) mass is 249 g/mol. The maximum absolute atomic E-state index is 13.7. The van der Waals surface area contributed by atoms with Gasteiger partial charge in [-0.05, 0) is 23.8 Å². The first-order valence-electron chi connectivity index (χ1n) is 5.56.